The molecule has 1 aliphatic heterocycles. The van der Waals surface area contributed by atoms with Crippen molar-refractivity contribution in [2.75, 3.05) is 30.8 Å². The lowest BCUT2D eigenvalue weighted by atomic mass is 10.1. The standard InChI is InChI=1S/C11H17N3O3S/c1-11(16)3-4-14(5-11)10-7(17-2)6(12)8(18-10)9(13)15/h16H,3-5,12H2,1-2H3,(H2,13,15). The molecule has 0 aliphatic carbocycles. The van der Waals surface area contributed by atoms with Gasteiger partial charge in [-0.25, -0.2) is 0 Å². The van der Waals surface area contributed by atoms with Crippen LogP contribution in [0.3, 0.4) is 0 Å². The van der Waals surface area contributed by atoms with Crippen LogP contribution in [0.1, 0.15) is 23.0 Å². The molecular formula is C11H17N3O3S. The Balaban J connectivity index is 2.39. The van der Waals surface area contributed by atoms with Crippen LogP contribution in [0, 0.1) is 0 Å². The van der Waals surface area contributed by atoms with Crippen LogP contribution < -0.4 is 21.1 Å². The number of β-amino-alcohol motifs (C(OH)–C–C–N with tert-alkyl or cyclic N) is 1. The molecule has 5 N–H and O–H groups in total. The molecule has 2 heterocycles. The molecule has 1 atom stereocenters. The maximum Gasteiger partial charge on any atom is 0.261 e. The van der Waals surface area contributed by atoms with Gasteiger partial charge in [-0.15, -0.1) is 11.3 Å². The van der Waals surface area contributed by atoms with Gasteiger partial charge in [0.15, 0.2) is 5.75 Å². The van der Waals surface area contributed by atoms with E-state index in [-0.39, 0.29) is 5.69 Å². The lowest BCUT2D eigenvalue weighted by molar-refractivity contribution is 0.0839. The summed E-state index contributed by atoms with van der Waals surface area (Å²) in [4.78, 5) is 13.5. The van der Waals surface area contributed by atoms with Crippen LogP contribution in [-0.4, -0.2) is 36.8 Å². The monoisotopic (exact) mass is 271 g/mol. The molecule has 1 aliphatic rings. The second-order valence-electron chi connectivity index (χ2n) is 4.72. The number of carbonyl (C=O) groups is 1. The number of rotatable bonds is 3. The topological polar surface area (TPSA) is 102 Å². The summed E-state index contributed by atoms with van der Waals surface area (Å²) < 4.78 is 5.24. The van der Waals surface area contributed by atoms with Crippen LogP contribution in [0.25, 0.3) is 0 Å². The number of nitrogens with zero attached hydrogens (tertiary/aromatic N) is 1. The predicted octanol–water partition coefficient (Wildman–Crippen LogP) is 0.399. The highest BCUT2D eigenvalue weighted by Gasteiger charge is 2.35. The number of thiophene rings is 1. The first-order valence-corrected chi connectivity index (χ1v) is 6.41. The predicted molar refractivity (Wildman–Crippen MR) is 71.3 cm³/mol. The Labute approximate surface area is 109 Å². The summed E-state index contributed by atoms with van der Waals surface area (Å²) in [6.07, 6.45) is 0.667. The van der Waals surface area contributed by atoms with E-state index in [1.54, 1.807) is 6.92 Å². The van der Waals surface area contributed by atoms with Gasteiger partial charge in [-0.1, -0.05) is 0 Å². The molecule has 1 aromatic heterocycles. The SMILES string of the molecule is COc1c(N2CCC(C)(O)C2)sc(C(N)=O)c1N. The molecule has 1 aromatic rings. The van der Waals surface area contributed by atoms with Crippen LogP contribution in [0.15, 0.2) is 0 Å². The number of nitrogen functional groups attached to an aromatic ring is 1. The van der Waals surface area contributed by atoms with Gasteiger partial charge < -0.3 is 26.2 Å². The van der Waals surface area contributed by atoms with E-state index in [0.29, 0.717) is 30.1 Å². The molecule has 1 unspecified atom stereocenters. The Morgan fingerprint density at radius 3 is 2.72 bits per heavy atom. The fourth-order valence-corrected chi connectivity index (χ4v) is 3.19. The molecule has 1 fully saturated rings. The lowest BCUT2D eigenvalue weighted by Crippen LogP contribution is -2.29. The zero-order valence-corrected chi connectivity index (χ0v) is 11.2. The quantitative estimate of drug-likeness (QED) is 0.738. The molecular weight excluding hydrogens is 254 g/mol. The van der Waals surface area contributed by atoms with Crippen LogP contribution in [0.5, 0.6) is 5.75 Å². The molecule has 2 rings (SSSR count). The van der Waals surface area contributed by atoms with Gasteiger partial charge in [-0.2, -0.15) is 0 Å². The first-order chi connectivity index (χ1) is 8.35. The molecule has 1 saturated heterocycles. The summed E-state index contributed by atoms with van der Waals surface area (Å²) in [6, 6.07) is 0. The Morgan fingerprint density at radius 1 is 1.61 bits per heavy atom. The molecule has 0 bridgehead atoms. The van der Waals surface area contributed by atoms with Gasteiger partial charge in [-0.3, -0.25) is 4.79 Å². The molecule has 18 heavy (non-hydrogen) atoms. The number of methoxy groups -OCH3 is 1. The molecule has 1 amide bonds. The fourth-order valence-electron chi connectivity index (χ4n) is 2.12. The van der Waals surface area contributed by atoms with Crippen molar-refractivity contribution in [3.63, 3.8) is 0 Å². The minimum absolute atomic E-state index is 0.275. The third-order valence-corrected chi connectivity index (χ3v) is 4.31. The fraction of sp³-hybridized carbons (Fsp3) is 0.545. The van der Waals surface area contributed by atoms with Gasteiger partial charge in [0.25, 0.3) is 5.91 Å². The molecule has 7 heteroatoms. The van der Waals surface area contributed by atoms with Crippen molar-refractivity contribution >= 4 is 27.9 Å². The largest absolute Gasteiger partial charge is 0.492 e. The average molecular weight is 271 g/mol. The Bertz CT molecular complexity index is 484. The molecule has 100 valence electrons. The summed E-state index contributed by atoms with van der Waals surface area (Å²) in [5.41, 5.74) is 10.7. The number of anilines is 2. The highest BCUT2D eigenvalue weighted by molar-refractivity contribution is 7.19. The number of hydrogen-bond acceptors (Lipinski definition) is 6. The number of aliphatic hydroxyl groups is 1. The molecule has 0 spiro atoms. The van der Waals surface area contributed by atoms with E-state index in [2.05, 4.69) is 0 Å². The third-order valence-electron chi connectivity index (χ3n) is 3.05. The minimum Gasteiger partial charge on any atom is -0.492 e. The van der Waals surface area contributed by atoms with Crippen molar-refractivity contribution in [2.24, 2.45) is 5.73 Å². The molecule has 0 radical (unpaired) electrons. The third kappa shape index (κ3) is 2.11. The first-order valence-electron chi connectivity index (χ1n) is 5.59. The molecule has 6 nitrogen and oxygen atoms in total. The van der Waals surface area contributed by atoms with E-state index in [9.17, 15) is 9.90 Å². The van der Waals surface area contributed by atoms with E-state index in [4.69, 9.17) is 16.2 Å². The summed E-state index contributed by atoms with van der Waals surface area (Å²) in [6.45, 7) is 2.97. The van der Waals surface area contributed by atoms with Gasteiger partial charge in [0, 0.05) is 13.1 Å². The Morgan fingerprint density at radius 2 is 2.28 bits per heavy atom. The highest BCUT2D eigenvalue weighted by atomic mass is 32.1. The lowest BCUT2D eigenvalue weighted by Gasteiger charge is -2.20. The van der Waals surface area contributed by atoms with E-state index in [0.717, 1.165) is 5.00 Å². The molecule has 0 saturated carbocycles. The number of amides is 1. The van der Waals surface area contributed by atoms with Crippen molar-refractivity contribution < 1.29 is 14.6 Å². The summed E-state index contributed by atoms with van der Waals surface area (Å²) in [5, 5.41) is 10.7. The number of hydrogen-bond donors (Lipinski definition) is 3. The number of ether oxygens (including phenoxy) is 1. The summed E-state index contributed by atoms with van der Waals surface area (Å²) in [7, 11) is 1.50. The van der Waals surface area contributed by atoms with Crippen molar-refractivity contribution in [3.8, 4) is 5.75 Å². The van der Waals surface area contributed by atoms with Crippen molar-refractivity contribution in [1.29, 1.82) is 0 Å². The number of carbonyl (C=O) groups excluding carboxylic acids is 1. The zero-order chi connectivity index (χ0) is 13.5. The highest BCUT2D eigenvalue weighted by Crippen LogP contribution is 2.46. The second kappa shape index (κ2) is 4.33. The Kier molecular flexibility index (Phi) is 3.12. The van der Waals surface area contributed by atoms with Crippen molar-refractivity contribution in [2.45, 2.75) is 18.9 Å². The van der Waals surface area contributed by atoms with Gasteiger partial charge in [0.1, 0.15) is 15.6 Å². The van der Waals surface area contributed by atoms with E-state index in [1.165, 1.54) is 18.4 Å². The Hall–Kier alpha value is -1.47. The molecule has 0 aromatic carbocycles. The van der Waals surface area contributed by atoms with Crippen LogP contribution in [-0.2, 0) is 0 Å². The summed E-state index contributed by atoms with van der Waals surface area (Å²) >= 11 is 1.21. The van der Waals surface area contributed by atoms with Gasteiger partial charge >= 0.3 is 0 Å². The zero-order valence-electron chi connectivity index (χ0n) is 10.4. The van der Waals surface area contributed by atoms with Crippen LogP contribution >= 0.6 is 11.3 Å². The minimum atomic E-state index is -0.726. The summed E-state index contributed by atoms with van der Waals surface area (Å²) in [5.74, 6) is -0.0977. The number of primary amides is 1. The second-order valence-corrected chi connectivity index (χ2v) is 5.72. The maximum atomic E-state index is 11.3. The van der Waals surface area contributed by atoms with Crippen LogP contribution in [0.4, 0.5) is 10.7 Å². The van der Waals surface area contributed by atoms with Gasteiger partial charge in [-0.05, 0) is 13.3 Å². The van der Waals surface area contributed by atoms with Gasteiger partial charge in [0.05, 0.1) is 12.7 Å². The van der Waals surface area contributed by atoms with E-state index in [1.807, 2.05) is 4.90 Å². The maximum absolute atomic E-state index is 11.3. The van der Waals surface area contributed by atoms with Crippen molar-refractivity contribution in [1.82, 2.24) is 0 Å². The normalized spacial score (nSPS) is 23.4. The average Bonchev–Trinajstić information content (AvgIpc) is 2.78. The number of nitrogens with two attached hydrogens (primary N) is 2. The van der Waals surface area contributed by atoms with Crippen LogP contribution in [0.2, 0.25) is 0 Å². The first kappa shape index (κ1) is 13.0. The van der Waals surface area contributed by atoms with Gasteiger partial charge in [0.2, 0.25) is 0 Å². The van der Waals surface area contributed by atoms with E-state index < -0.39 is 11.5 Å². The smallest absolute Gasteiger partial charge is 0.261 e. The van der Waals surface area contributed by atoms with Crippen molar-refractivity contribution in [3.05, 3.63) is 4.88 Å². The van der Waals surface area contributed by atoms with E-state index >= 15 is 0 Å².